The van der Waals surface area contributed by atoms with Crippen LogP contribution in [0, 0.1) is 0 Å². The lowest BCUT2D eigenvalue weighted by atomic mass is 10.1. The van der Waals surface area contributed by atoms with Crippen molar-refractivity contribution in [3.8, 4) is 0 Å². The molecule has 2 amide bonds. The maximum atomic E-state index is 11.9. The number of carbonyl (C=O) groups is 2. The first-order valence-electron chi connectivity index (χ1n) is 6.91. The number of hydrogen-bond donors (Lipinski definition) is 1. The summed E-state index contributed by atoms with van der Waals surface area (Å²) < 4.78 is 0. The number of amides is 2. The number of hydrogen-bond acceptors (Lipinski definition) is 2. The van der Waals surface area contributed by atoms with E-state index in [-0.39, 0.29) is 11.8 Å². The lowest BCUT2D eigenvalue weighted by molar-refractivity contribution is -0.119. The summed E-state index contributed by atoms with van der Waals surface area (Å²) in [5.41, 5.74) is 1.63. The normalized spacial score (nSPS) is 15.4. The van der Waals surface area contributed by atoms with E-state index in [4.69, 9.17) is 0 Å². The smallest absolute Gasteiger partial charge is 0.226 e. The van der Waals surface area contributed by atoms with Crippen LogP contribution in [0.25, 0.3) is 0 Å². The van der Waals surface area contributed by atoms with Gasteiger partial charge in [-0.15, -0.1) is 0 Å². The zero-order chi connectivity index (χ0) is 13.7. The molecule has 0 bridgehead atoms. The zero-order valence-corrected chi connectivity index (χ0v) is 11.3. The van der Waals surface area contributed by atoms with Crippen molar-refractivity contribution in [1.82, 2.24) is 0 Å². The van der Waals surface area contributed by atoms with Gasteiger partial charge in [-0.3, -0.25) is 9.59 Å². The number of piperidine rings is 1. The number of rotatable bonds is 4. The van der Waals surface area contributed by atoms with E-state index < -0.39 is 0 Å². The molecular weight excluding hydrogens is 240 g/mol. The molecule has 0 radical (unpaired) electrons. The monoisotopic (exact) mass is 260 g/mol. The predicted molar refractivity (Wildman–Crippen MR) is 76.2 cm³/mol. The Morgan fingerprint density at radius 2 is 2.21 bits per heavy atom. The van der Waals surface area contributed by atoms with Crippen LogP contribution in [0.5, 0.6) is 0 Å². The Kier molecular flexibility index (Phi) is 4.55. The summed E-state index contributed by atoms with van der Waals surface area (Å²) in [6.45, 7) is 2.74. The van der Waals surface area contributed by atoms with Gasteiger partial charge in [0.25, 0.3) is 0 Å². The molecule has 1 saturated heterocycles. The maximum absolute atomic E-state index is 11.9. The summed E-state index contributed by atoms with van der Waals surface area (Å²) in [5.74, 6) is 0.188. The number of anilines is 2. The Bertz CT molecular complexity index is 471. The summed E-state index contributed by atoms with van der Waals surface area (Å²) in [6, 6.07) is 7.51. The standard InChI is InChI=1S/C15H20N2O2/c1-2-6-14(18)16-12-7-5-8-13(11-12)17-10-4-3-9-15(17)19/h5,7-8,11H,2-4,6,9-10H2,1H3,(H,16,18). The molecule has 1 aromatic rings. The highest BCUT2D eigenvalue weighted by molar-refractivity contribution is 5.96. The summed E-state index contributed by atoms with van der Waals surface area (Å²) in [7, 11) is 0. The fraction of sp³-hybridized carbons (Fsp3) is 0.467. The Balaban J connectivity index is 2.10. The van der Waals surface area contributed by atoms with Crippen molar-refractivity contribution in [2.45, 2.75) is 39.0 Å². The Morgan fingerprint density at radius 1 is 1.37 bits per heavy atom. The average molecular weight is 260 g/mol. The quantitative estimate of drug-likeness (QED) is 0.904. The van der Waals surface area contributed by atoms with Gasteiger partial charge in [-0.2, -0.15) is 0 Å². The first-order chi connectivity index (χ1) is 9.20. The van der Waals surface area contributed by atoms with Crippen molar-refractivity contribution in [1.29, 1.82) is 0 Å². The molecule has 19 heavy (non-hydrogen) atoms. The van der Waals surface area contributed by atoms with Gasteiger partial charge in [0.2, 0.25) is 11.8 Å². The van der Waals surface area contributed by atoms with Crippen molar-refractivity contribution >= 4 is 23.2 Å². The molecule has 4 nitrogen and oxygen atoms in total. The third-order valence-electron chi connectivity index (χ3n) is 3.24. The first kappa shape index (κ1) is 13.6. The van der Waals surface area contributed by atoms with Crippen LogP contribution in [0.3, 0.4) is 0 Å². The van der Waals surface area contributed by atoms with E-state index in [0.29, 0.717) is 12.8 Å². The molecule has 1 fully saturated rings. The van der Waals surface area contributed by atoms with E-state index in [1.54, 1.807) is 4.90 Å². The molecule has 0 saturated carbocycles. The molecule has 102 valence electrons. The summed E-state index contributed by atoms with van der Waals surface area (Å²) >= 11 is 0. The van der Waals surface area contributed by atoms with E-state index in [2.05, 4.69) is 5.32 Å². The second kappa shape index (κ2) is 6.36. The van der Waals surface area contributed by atoms with Crippen LogP contribution in [-0.2, 0) is 9.59 Å². The topological polar surface area (TPSA) is 49.4 Å². The van der Waals surface area contributed by atoms with Gasteiger partial charge in [-0.05, 0) is 37.5 Å². The van der Waals surface area contributed by atoms with Gasteiger partial charge >= 0.3 is 0 Å². The van der Waals surface area contributed by atoms with Crippen molar-refractivity contribution in [3.63, 3.8) is 0 Å². The second-order valence-corrected chi connectivity index (χ2v) is 4.85. The Morgan fingerprint density at radius 3 is 2.95 bits per heavy atom. The predicted octanol–water partition coefficient (Wildman–Crippen LogP) is 2.94. The number of benzene rings is 1. The minimum Gasteiger partial charge on any atom is -0.326 e. The van der Waals surface area contributed by atoms with Crippen molar-refractivity contribution in [3.05, 3.63) is 24.3 Å². The fourth-order valence-corrected chi connectivity index (χ4v) is 2.28. The van der Waals surface area contributed by atoms with Gasteiger partial charge < -0.3 is 10.2 Å². The third kappa shape index (κ3) is 3.56. The highest BCUT2D eigenvalue weighted by atomic mass is 16.2. The van der Waals surface area contributed by atoms with Gasteiger partial charge in [-0.25, -0.2) is 0 Å². The molecule has 1 aromatic carbocycles. The van der Waals surface area contributed by atoms with Crippen molar-refractivity contribution in [2.24, 2.45) is 0 Å². The van der Waals surface area contributed by atoms with Crippen LogP contribution >= 0.6 is 0 Å². The van der Waals surface area contributed by atoms with E-state index in [0.717, 1.165) is 37.2 Å². The van der Waals surface area contributed by atoms with E-state index in [1.807, 2.05) is 31.2 Å². The molecule has 0 aliphatic carbocycles. The highest BCUT2D eigenvalue weighted by Crippen LogP contribution is 2.23. The van der Waals surface area contributed by atoms with E-state index in [1.165, 1.54) is 0 Å². The number of nitrogens with one attached hydrogen (secondary N) is 1. The highest BCUT2D eigenvalue weighted by Gasteiger charge is 2.19. The van der Waals surface area contributed by atoms with E-state index >= 15 is 0 Å². The molecule has 1 aliphatic heterocycles. The van der Waals surface area contributed by atoms with Crippen molar-refractivity contribution < 1.29 is 9.59 Å². The van der Waals surface area contributed by atoms with Gasteiger partial charge in [0, 0.05) is 30.8 Å². The van der Waals surface area contributed by atoms with Gasteiger partial charge in [0.05, 0.1) is 0 Å². The second-order valence-electron chi connectivity index (χ2n) is 4.85. The van der Waals surface area contributed by atoms with Crippen LogP contribution < -0.4 is 10.2 Å². The third-order valence-corrected chi connectivity index (χ3v) is 3.24. The Labute approximate surface area is 113 Å². The summed E-state index contributed by atoms with van der Waals surface area (Å²) in [6.07, 6.45) is 3.98. The largest absolute Gasteiger partial charge is 0.326 e. The minimum absolute atomic E-state index is 0.0182. The SMILES string of the molecule is CCCC(=O)Nc1cccc(N2CCCCC2=O)c1. The minimum atomic E-state index is 0.0182. The van der Waals surface area contributed by atoms with Gasteiger partial charge in [0.15, 0.2) is 0 Å². The summed E-state index contributed by atoms with van der Waals surface area (Å²) in [5, 5.41) is 2.86. The molecular formula is C15H20N2O2. The lowest BCUT2D eigenvalue weighted by Crippen LogP contribution is -2.35. The van der Waals surface area contributed by atoms with E-state index in [9.17, 15) is 9.59 Å². The van der Waals surface area contributed by atoms with Crippen molar-refractivity contribution in [2.75, 3.05) is 16.8 Å². The van der Waals surface area contributed by atoms with Gasteiger partial charge in [0.1, 0.15) is 0 Å². The molecule has 2 rings (SSSR count). The molecule has 1 heterocycles. The van der Waals surface area contributed by atoms with Gasteiger partial charge in [-0.1, -0.05) is 13.0 Å². The maximum Gasteiger partial charge on any atom is 0.226 e. The molecule has 0 aromatic heterocycles. The van der Waals surface area contributed by atoms with Crippen LogP contribution in [0.4, 0.5) is 11.4 Å². The molecule has 0 atom stereocenters. The first-order valence-corrected chi connectivity index (χ1v) is 6.91. The number of nitrogens with zero attached hydrogens (tertiary/aromatic N) is 1. The van der Waals surface area contributed by atoms with Crippen LogP contribution in [0.15, 0.2) is 24.3 Å². The molecule has 1 aliphatic rings. The molecule has 1 N–H and O–H groups in total. The van der Waals surface area contributed by atoms with Crippen LogP contribution in [0.1, 0.15) is 39.0 Å². The Hall–Kier alpha value is -1.84. The van der Waals surface area contributed by atoms with Crippen LogP contribution in [0.2, 0.25) is 0 Å². The fourth-order valence-electron chi connectivity index (χ4n) is 2.28. The lowest BCUT2D eigenvalue weighted by Gasteiger charge is -2.27. The molecule has 0 unspecified atom stereocenters. The average Bonchev–Trinajstić information content (AvgIpc) is 2.40. The van der Waals surface area contributed by atoms with Crippen LogP contribution in [-0.4, -0.2) is 18.4 Å². The summed E-state index contributed by atoms with van der Waals surface area (Å²) in [4.78, 5) is 25.2. The number of carbonyl (C=O) groups excluding carboxylic acids is 2. The molecule has 4 heteroatoms. The zero-order valence-electron chi connectivity index (χ0n) is 11.3. The molecule has 0 spiro atoms.